The molecule has 0 aliphatic rings. The molecule has 1 N–H and O–H groups in total. The van der Waals surface area contributed by atoms with Gasteiger partial charge in [-0.15, -0.1) is 10.2 Å². The van der Waals surface area contributed by atoms with E-state index < -0.39 is 0 Å². The molecule has 3 aromatic rings. The lowest BCUT2D eigenvalue weighted by Crippen LogP contribution is -2.24. The molecule has 0 atom stereocenters. The van der Waals surface area contributed by atoms with Crippen LogP contribution in [0.2, 0.25) is 0 Å². The third kappa shape index (κ3) is 4.92. The summed E-state index contributed by atoms with van der Waals surface area (Å²) >= 11 is 1.39. The van der Waals surface area contributed by atoms with E-state index in [-0.39, 0.29) is 5.91 Å². The molecule has 2 aromatic carbocycles. The Balaban J connectivity index is 1.56. The Morgan fingerprint density at radius 2 is 1.89 bits per heavy atom. The molecule has 1 heterocycles. The van der Waals surface area contributed by atoms with Crippen LogP contribution < -0.4 is 10.2 Å². The van der Waals surface area contributed by atoms with Crippen LogP contribution in [0.5, 0.6) is 0 Å². The number of nitrogens with one attached hydrogen (secondary N) is 1. The van der Waals surface area contributed by atoms with Crippen LogP contribution in [-0.4, -0.2) is 40.5 Å². The zero-order valence-corrected chi connectivity index (χ0v) is 17.2. The first kappa shape index (κ1) is 19.9. The number of nitrogens with zero attached hydrogens (tertiary/aromatic N) is 4. The number of para-hydroxylation sites is 1. The highest BCUT2D eigenvalue weighted by atomic mass is 32.2. The fraction of sp³-hybridized carbons (Fsp3) is 0.286. The van der Waals surface area contributed by atoms with Gasteiger partial charge in [-0.25, -0.2) is 0 Å². The molecule has 0 unspecified atom stereocenters. The standard InChI is InChI=1S/C21H25N5OS/c1-4-17-7-5-6-8-19(17)26-15-23-24-21(26)28-14-20(27)22-13-16-9-11-18(12-10-16)25(2)3/h5-12,15H,4,13-14H2,1-3H3,(H,22,27). The van der Waals surface area contributed by atoms with E-state index in [0.717, 1.165) is 23.4 Å². The largest absolute Gasteiger partial charge is 0.378 e. The van der Waals surface area contributed by atoms with Crippen molar-refractivity contribution in [1.29, 1.82) is 0 Å². The highest BCUT2D eigenvalue weighted by molar-refractivity contribution is 7.99. The molecule has 1 amide bonds. The Morgan fingerprint density at radius 3 is 2.61 bits per heavy atom. The maximum Gasteiger partial charge on any atom is 0.230 e. The summed E-state index contributed by atoms with van der Waals surface area (Å²) in [6, 6.07) is 16.3. The predicted molar refractivity (Wildman–Crippen MR) is 114 cm³/mol. The zero-order chi connectivity index (χ0) is 19.9. The van der Waals surface area contributed by atoms with Crippen LogP contribution in [0.4, 0.5) is 5.69 Å². The monoisotopic (exact) mass is 395 g/mol. The molecule has 7 heteroatoms. The number of carbonyl (C=O) groups excluding carboxylic acids is 1. The number of hydrogen-bond donors (Lipinski definition) is 1. The molecule has 0 radical (unpaired) electrons. The molecule has 0 saturated heterocycles. The predicted octanol–water partition coefficient (Wildman–Crippen LogP) is 3.30. The van der Waals surface area contributed by atoms with Crippen molar-refractivity contribution in [2.24, 2.45) is 0 Å². The Bertz CT molecular complexity index is 921. The molecule has 0 aliphatic heterocycles. The van der Waals surface area contributed by atoms with Crippen LogP contribution in [0, 0.1) is 0 Å². The molecule has 0 bridgehead atoms. The summed E-state index contributed by atoms with van der Waals surface area (Å²) in [5.74, 6) is 0.267. The van der Waals surface area contributed by atoms with Crippen molar-refractivity contribution in [1.82, 2.24) is 20.1 Å². The van der Waals surface area contributed by atoms with E-state index in [9.17, 15) is 4.79 Å². The average Bonchev–Trinajstić information content (AvgIpc) is 3.19. The number of thioether (sulfide) groups is 1. The Kier molecular flexibility index (Phi) is 6.71. The van der Waals surface area contributed by atoms with E-state index in [4.69, 9.17) is 0 Å². The second-order valence-corrected chi connectivity index (χ2v) is 7.53. The van der Waals surface area contributed by atoms with E-state index >= 15 is 0 Å². The molecule has 3 rings (SSSR count). The number of anilines is 1. The number of aryl methyl sites for hydroxylation is 1. The highest BCUT2D eigenvalue weighted by Gasteiger charge is 2.12. The van der Waals surface area contributed by atoms with E-state index in [2.05, 4.69) is 28.5 Å². The average molecular weight is 396 g/mol. The number of hydrogen-bond acceptors (Lipinski definition) is 5. The number of carbonyl (C=O) groups is 1. The first-order valence-electron chi connectivity index (χ1n) is 9.22. The van der Waals surface area contributed by atoms with E-state index in [1.54, 1.807) is 6.33 Å². The first-order chi connectivity index (χ1) is 13.6. The van der Waals surface area contributed by atoms with Crippen LogP contribution >= 0.6 is 11.8 Å². The number of amides is 1. The third-order valence-corrected chi connectivity index (χ3v) is 5.37. The number of aromatic nitrogens is 3. The summed E-state index contributed by atoms with van der Waals surface area (Å²) in [5.41, 5.74) is 4.48. The summed E-state index contributed by atoms with van der Waals surface area (Å²) < 4.78 is 1.94. The second kappa shape index (κ2) is 9.41. The molecule has 0 fully saturated rings. The highest BCUT2D eigenvalue weighted by Crippen LogP contribution is 2.22. The van der Waals surface area contributed by atoms with Crippen LogP contribution in [0.1, 0.15) is 18.1 Å². The summed E-state index contributed by atoms with van der Waals surface area (Å²) in [6.45, 7) is 2.63. The van der Waals surface area contributed by atoms with Gasteiger partial charge in [0.25, 0.3) is 0 Å². The van der Waals surface area contributed by atoms with Crippen molar-refractivity contribution in [2.45, 2.75) is 25.0 Å². The minimum absolute atomic E-state index is 0.0278. The minimum atomic E-state index is -0.0278. The zero-order valence-electron chi connectivity index (χ0n) is 16.4. The smallest absolute Gasteiger partial charge is 0.230 e. The van der Waals surface area contributed by atoms with Gasteiger partial charge in [0.1, 0.15) is 6.33 Å². The van der Waals surface area contributed by atoms with E-state index in [1.807, 2.05) is 66.0 Å². The van der Waals surface area contributed by atoms with E-state index in [0.29, 0.717) is 17.5 Å². The van der Waals surface area contributed by atoms with Gasteiger partial charge in [0.05, 0.1) is 11.4 Å². The Hall–Kier alpha value is -2.80. The van der Waals surface area contributed by atoms with Crippen molar-refractivity contribution in [2.75, 3.05) is 24.7 Å². The number of benzene rings is 2. The van der Waals surface area contributed by atoms with Gasteiger partial charge in [-0.1, -0.05) is 49.0 Å². The van der Waals surface area contributed by atoms with Crippen LogP contribution in [0.3, 0.4) is 0 Å². The topological polar surface area (TPSA) is 63.1 Å². The first-order valence-corrected chi connectivity index (χ1v) is 10.2. The lowest BCUT2D eigenvalue weighted by molar-refractivity contribution is -0.118. The van der Waals surface area contributed by atoms with Crippen LogP contribution in [0.25, 0.3) is 5.69 Å². The van der Waals surface area contributed by atoms with Gasteiger partial charge in [0.2, 0.25) is 5.91 Å². The minimum Gasteiger partial charge on any atom is -0.378 e. The molecule has 0 aliphatic carbocycles. The molecule has 146 valence electrons. The summed E-state index contributed by atoms with van der Waals surface area (Å²) in [4.78, 5) is 14.3. The Labute approximate surface area is 170 Å². The van der Waals surface area contributed by atoms with Gasteiger partial charge in [0, 0.05) is 26.3 Å². The molecule has 28 heavy (non-hydrogen) atoms. The van der Waals surface area contributed by atoms with Gasteiger partial charge in [0.15, 0.2) is 5.16 Å². The molecule has 6 nitrogen and oxygen atoms in total. The summed E-state index contributed by atoms with van der Waals surface area (Å²) in [5, 5.41) is 11.9. The quantitative estimate of drug-likeness (QED) is 0.593. The lowest BCUT2D eigenvalue weighted by atomic mass is 10.1. The van der Waals surface area contributed by atoms with Crippen molar-refractivity contribution in [3.8, 4) is 5.69 Å². The molecule has 1 aromatic heterocycles. The SMILES string of the molecule is CCc1ccccc1-n1cnnc1SCC(=O)NCc1ccc(N(C)C)cc1. The fourth-order valence-electron chi connectivity index (χ4n) is 2.83. The van der Waals surface area contributed by atoms with Crippen molar-refractivity contribution in [3.05, 3.63) is 66.0 Å². The van der Waals surface area contributed by atoms with Gasteiger partial charge in [-0.2, -0.15) is 0 Å². The van der Waals surface area contributed by atoms with Crippen LogP contribution in [0.15, 0.2) is 60.0 Å². The summed E-state index contributed by atoms with van der Waals surface area (Å²) in [7, 11) is 4.01. The molecule has 0 spiro atoms. The van der Waals surface area contributed by atoms with Gasteiger partial charge in [-0.05, 0) is 35.7 Å². The van der Waals surface area contributed by atoms with Gasteiger partial charge >= 0.3 is 0 Å². The lowest BCUT2D eigenvalue weighted by Gasteiger charge is -2.13. The van der Waals surface area contributed by atoms with Crippen molar-refractivity contribution in [3.63, 3.8) is 0 Å². The maximum atomic E-state index is 12.3. The third-order valence-electron chi connectivity index (χ3n) is 4.42. The van der Waals surface area contributed by atoms with Crippen molar-refractivity contribution < 1.29 is 4.79 Å². The van der Waals surface area contributed by atoms with Gasteiger partial charge in [-0.3, -0.25) is 9.36 Å². The van der Waals surface area contributed by atoms with E-state index in [1.165, 1.54) is 17.3 Å². The number of rotatable bonds is 8. The van der Waals surface area contributed by atoms with Crippen LogP contribution in [-0.2, 0) is 17.8 Å². The second-order valence-electron chi connectivity index (χ2n) is 6.59. The Morgan fingerprint density at radius 1 is 1.14 bits per heavy atom. The molecular weight excluding hydrogens is 370 g/mol. The van der Waals surface area contributed by atoms with Crippen molar-refractivity contribution >= 4 is 23.4 Å². The molecule has 0 saturated carbocycles. The maximum absolute atomic E-state index is 12.3. The summed E-state index contributed by atoms with van der Waals surface area (Å²) in [6.07, 6.45) is 2.62. The van der Waals surface area contributed by atoms with Gasteiger partial charge < -0.3 is 10.2 Å². The normalized spacial score (nSPS) is 10.7. The molecular formula is C21H25N5OS. The fourth-order valence-corrected chi connectivity index (χ4v) is 3.58.